The van der Waals surface area contributed by atoms with Gasteiger partial charge in [-0.3, -0.25) is 0 Å². The van der Waals surface area contributed by atoms with Crippen LogP contribution < -0.4 is 0 Å². The summed E-state index contributed by atoms with van der Waals surface area (Å²) in [6, 6.07) is 61.2. The summed E-state index contributed by atoms with van der Waals surface area (Å²) >= 11 is 0. The SMILES string of the molecule is c1ccc(-c2ccc(-c3cccc(-c4nc(-c5ccc6ccccc6c5)nc(-c5ccc6oc7cc8ccccc8cc7c6c5)n4)c3)cc2)cc1. The van der Waals surface area contributed by atoms with Gasteiger partial charge in [0.1, 0.15) is 11.2 Å². The first-order valence-electron chi connectivity index (χ1n) is 17.1. The Kier molecular flexibility index (Phi) is 6.78. The highest BCUT2D eigenvalue weighted by Crippen LogP contribution is 2.36. The summed E-state index contributed by atoms with van der Waals surface area (Å²) < 4.78 is 6.31. The molecule has 2 aromatic heterocycles. The minimum atomic E-state index is 0.609. The van der Waals surface area contributed by atoms with E-state index in [0.29, 0.717) is 17.5 Å². The summed E-state index contributed by atoms with van der Waals surface area (Å²) in [6.45, 7) is 0. The predicted octanol–water partition coefficient (Wildman–Crippen LogP) is 12.4. The highest BCUT2D eigenvalue weighted by Gasteiger charge is 2.16. The van der Waals surface area contributed by atoms with Crippen molar-refractivity contribution in [1.29, 1.82) is 0 Å². The highest BCUT2D eigenvalue weighted by atomic mass is 16.3. The number of furan rings is 1. The Morgan fingerprint density at radius 3 is 1.47 bits per heavy atom. The first kappa shape index (κ1) is 29.0. The molecular formula is C47H29N3O. The number of hydrogen-bond donors (Lipinski definition) is 0. The third-order valence-electron chi connectivity index (χ3n) is 9.68. The standard InChI is InChI=1S/C47H29N3O/c1-2-9-30(10-3-1)32-17-19-33(20-18-32)35-15-8-16-38(25-35)45-48-46(39-22-21-31-11-4-5-12-34(31)26-39)50-47(49-45)40-23-24-43-41(28-40)42-27-36-13-6-7-14-37(36)29-44(42)51-43/h1-29H. The maximum Gasteiger partial charge on any atom is 0.164 e. The monoisotopic (exact) mass is 651 g/mol. The van der Waals surface area contributed by atoms with E-state index in [4.69, 9.17) is 19.4 Å². The zero-order valence-electron chi connectivity index (χ0n) is 27.5. The Labute approximate surface area is 294 Å². The molecule has 51 heavy (non-hydrogen) atoms. The topological polar surface area (TPSA) is 51.8 Å². The van der Waals surface area contributed by atoms with Crippen molar-refractivity contribution in [2.45, 2.75) is 0 Å². The van der Waals surface area contributed by atoms with Crippen LogP contribution in [0.1, 0.15) is 0 Å². The molecule has 0 bridgehead atoms. The van der Waals surface area contributed by atoms with Gasteiger partial charge in [0.2, 0.25) is 0 Å². The minimum Gasteiger partial charge on any atom is -0.456 e. The van der Waals surface area contributed by atoms with Crippen molar-refractivity contribution in [2.24, 2.45) is 0 Å². The molecule has 0 spiro atoms. The van der Waals surface area contributed by atoms with Gasteiger partial charge in [0, 0.05) is 27.5 Å². The maximum atomic E-state index is 6.31. The summed E-state index contributed by atoms with van der Waals surface area (Å²) in [5.74, 6) is 1.85. The van der Waals surface area contributed by atoms with Crippen molar-refractivity contribution in [1.82, 2.24) is 15.0 Å². The van der Waals surface area contributed by atoms with Crippen LogP contribution in [0.3, 0.4) is 0 Å². The van der Waals surface area contributed by atoms with Gasteiger partial charge in [-0.15, -0.1) is 0 Å². The van der Waals surface area contributed by atoms with Gasteiger partial charge in [0.15, 0.2) is 17.5 Å². The average Bonchev–Trinajstić information content (AvgIpc) is 3.56. The van der Waals surface area contributed by atoms with Crippen molar-refractivity contribution in [2.75, 3.05) is 0 Å². The normalized spacial score (nSPS) is 11.5. The van der Waals surface area contributed by atoms with Crippen molar-refractivity contribution in [3.05, 3.63) is 176 Å². The largest absolute Gasteiger partial charge is 0.456 e. The van der Waals surface area contributed by atoms with Gasteiger partial charge in [0.05, 0.1) is 0 Å². The van der Waals surface area contributed by atoms with Gasteiger partial charge in [-0.25, -0.2) is 15.0 Å². The molecule has 0 saturated heterocycles. The fourth-order valence-corrected chi connectivity index (χ4v) is 7.02. The van der Waals surface area contributed by atoms with Crippen LogP contribution in [-0.2, 0) is 0 Å². The van der Waals surface area contributed by atoms with Gasteiger partial charge in [-0.2, -0.15) is 0 Å². The van der Waals surface area contributed by atoms with Crippen LogP contribution in [0.2, 0.25) is 0 Å². The van der Waals surface area contributed by atoms with E-state index < -0.39 is 0 Å². The fourth-order valence-electron chi connectivity index (χ4n) is 7.02. The molecule has 238 valence electrons. The lowest BCUT2D eigenvalue weighted by molar-refractivity contribution is 0.669. The molecule has 0 fully saturated rings. The van der Waals surface area contributed by atoms with E-state index in [1.165, 1.54) is 21.9 Å². The summed E-state index contributed by atoms with van der Waals surface area (Å²) in [7, 11) is 0. The van der Waals surface area contributed by atoms with Crippen LogP contribution in [0.15, 0.2) is 180 Å². The summed E-state index contributed by atoms with van der Waals surface area (Å²) in [5, 5.41) is 6.74. The molecule has 0 aliphatic carbocycles. The second-order valence-corrected chi connectivity index (χ2v) is 12.9. The molecule has 0 aliphatic heterocycles. The Morgan fingerprint density at radius 1 is 0.275 bits per heavy atom. The smallest absolute Gasteiger partial charge is 0.164 e. The zero-order valence-corrected chi connectivity index (χ0v) is 27.5. The van der Waals surface area contributed by atoms with Crippen molar-refractivity contribution >= 4 is 43.5 Å². The number of nitrogens with zero attached hydrogens (tertiary/aromatic N) is 3. The highest BCUT2D eigenvalue weighted by molar-refractivity contribution is 6.10. The molecule has 0 aliphatic rings. The Balaban J connectivity index is 1.11. The van der Waals surface area contributed by atoms with Crippen LogP contribution in [0.25, 0.3) is 99.9 Å². The molecular weight excluding hydrogens is 623 g/mol. The molecule has 2 heterocycles. The Morgan fingerprint density at radius 2 is 0.745 bits per heavy atom. The molecule has 0 unspecified atom stereocenters. The molecule has 0 atom stereocenters. The molecule has 4 heteroatoms. The van der Waals surface area contributed by atoms with E-state index in [9.17, 15) is 0 Å². The van der Waals surface area contributed by atoms with Crippen molar-refractivity contribution < 1.29 is 4.42 Å². The number of fused-ring (bicyclic) bond motifs is 5. The molecule has 0 saturated carbocycles. The number of benzene rings is 8. The lowest BCUT2D eigenvalue weighted by atomic mass is 9.99. The zero-order chi connectivity index (χ0) is 33.7. The summed E-state index contributed by atoms with van der Waals surface area (Å²) in [4.78, 5) is 15.3. The number of hydrogen-bond acceptors (Lipinski definition) is 4. The Hall–Kier alpha value is -6.91. The minimum absolute atomic E-state index is 0.609. The molecule has 10 aromatic rings. The van der Waals surface area contributed by atoms with Gasteiger partial charge in [-0.05, 0) is 86.3 Å². The van der Waals surface area contributed by atoms with Crippen LogP contribution in [0.5, 0.6) is 0 Å². The molecule has 10 rings (SSSR count). The van der Waals surface area contributed by atoms with Gasteiger partial charge in [-0.1, -0.05) is 133 Å². The molecule has 0 N–H and O–H groups in total. The van der Waals surface area contributed by atoms with E-state index >= 15 is 0 Å². The average molecular weight is 652 g/mol. The van der Waals surface area contributed by atoms with Crippen LogP contribution in [0, 0.1) is 0 Å². The summed E-state index contributed by atoms with van der Waals surface area (Å²) in [6.07, 6.45) is 0. The first-order chi connectivity index (χ1) is 25.2. The van der Waals surface area contributed by atoms with Gasteiger partial charge < -0.3 is 4.42 Å². The first-order valence-corrected chi connectivity index (χ1v) is 17.1. The van der Waals surface area contributed by atoms with E-state index in [-0.39, 0.29) is 0 Å². The van der Waals surface area contributed by atoms with Gasteiger partial charge >= 0.3 is 0 Å². The second kappa shape index (κ2) is 11.9. The fraction of sp³-hybridized carbons (Fsp3) is 0. The van der Waals surface area contributed by atoms with Crippen LogP contribution >= 0.6 is 0 Å². The molecule has 0 amide bonds. The van der Waals surface area contributed by atoms with Crippen molar-refractivity contribution in [3.63, 3.8) is 0 Å². The van der Waals surface area contributed by atoms with E-state index in [1.807, 2.05) is 18.2 Å². The molecule has 0 radical (unpaired) electrons. The van der Waals surface area contributed by atoms with Crippen molar-refractivity contribution in [3.8, 4) is 56.4 Å². The van der Waals surface area contributed by atoms with Crippen LogP contribution in [0.4, 0.5) is 0 Å². The quantitative estimate of drug-likeness (QED) is 0.186. The molecule has 8 aromatic carbocycles. The van der Waals surface area contributed by atoms with Gasteiger partial charge in [0.25, 0.3) is 0 Å². The third-order valence-corrected chi connectivity index (χ3v) is 9.68. The number of aromatic nitrogens is 3. The van der Waals surface area contributed by atoms with E-state index in [1.54, 1.807) is 0 Å². The predicted molar refractivity (Wildman–Crippen MR) is 209 cm³/mol. The lowest BCUT2D eigenvalue weighted by Crippen LogP contribution is -2.00. The van der Waals surface area contributed by atoms with E-state index in [0.717, 1.165) is 60.5 Å². The molecule has 4 nitrogen and oxygen atoms in total. The van der Waals surface area contributed by atoms with Crippen LogP contribution in [-0.4, -0.2) is 15.0 Å². The lowest BCUT2D eigenvalue weighted by Gasteiger charge is -2.11. The third kappa shape index (κ3) is 5.31. The number of rotatable bonds is 5. The second-order valence-electron chi connectivity index (χ2n) is 12.9. The summed E-state index contributed by atoms with van der Waals surface area (Å²) in [5.41, 5.74) is 9.07. The Bertz CT molecular complexity index is 2910. The van der Waals surface area contributed by atoms with E-state index in [2.05, 4.69) is 158 Å². The maximum absolute atomic E-state index is 6.31.